The van der Waals surface area contributed by atoms with Crippen molar-refractivity contribution in [2.45, 2.75) is 26.3 Å². The first-order valence-corrected chi connectivity index (χ1v) is 8.72. The van der Waals surface area contributed by atoms with Crippen LogP contribution in [-0.4, -0.2) is 23.6 Å². The van der Waals surface area contributed by atoms with Gasteiger partial charge in [0.05, 0.1) is 6.04 Å². The normalized spacial score (nSPS) is 12.9. The number of halogens is 1. The molecule has 0 fully saturated rings. The van der Waals surface area contributed by atoms with Crippen molar-refractivity contribution in [2.24, 2.45) is 5.92 Å². The molecule has 0 spiro atoms. The van der Waals surface area contributed by atoms with E-state index in [1.165, 1.54) is 0 Å². The lowest BCUT2D eigenvalue weighted by molar-refractivity contribution is -0.139. The van der Waals surface area contributed by atoms with E-state index < -0.39 is 5.97 Å². The Bertz CT molecular complexity index is 761. The maximum absolute atomic E-state index is 12.4. The van der Waals surface area contributed by atoms with Crippen molar-refractivity contribution < 1.29 is 19.4 Å². The number of carbonyl (C=O) groups excluding carboxylic acids is 1. The highest BCUT2D eigenvalue weighted by atomic mass is 35.5. The fourth-order valence-corrected chi connectivity index (χ4v) is 2.76. The van der Waals surface area contributed by atoms with Crippen molar-refractivity contribution >= 4 is 23.5 Å². The molecule has 2 atom stereocenters. The van der Waals surface area contributed by atoms with Gasteiger partial charge in [-0.2, -0.15) is 0 Å². The molecular formula is C20H22ClNO4. The van der Waals surface area contributed by atoms with E-state index in [4.69, 9.17) is 21.4 Å². The van der Waals surface area contributed by atoms with E-state index >= 15 is 0 Å². The molecule has 0 heterocycles. The number of aliphatic carboxylic acids is 1. The third-order valence-corrected chi connectivity index (χ3v) is 4.21. The molecule has 2 N–H and O–H groups in total. The molecule has 0 aliphatic rings. The molecule has 1 amide bonds. The zero-order chi connectivity index (χ0) is 19.1. The highest BCUT2D eigenvalue weighted by molar-refractivity contribution is 6.30. The van der Waals surface area contributed by atoms with Crippen LogP contribution in [0, 0.1) is 5.92 Å². The molecule has 2 aromatic rings. The zero-order valence-corrected chi connectivity index (χ0v) is 15.5. The first-order chi connectivity index (χ1) is 12.3. The zero-order valence-electron chi connectivity index (χ0n) is 14.7. The number of carboxylic acid groups (broad SMARTS) is 1. The Hall–Kier alpha value is -2.53. The van der Waals surface area contributed by atoms with Gasteiger partial charge in [-0.05, 0) is 48.7 Å². The van der Waals surface area contributed by atoms with E-state index in [0.717, 1.165) is 11.1 Å². The Morgan fingerprint density at radius 3 is 2.46 bits per heavy atom. The van der Waals surface area contributed by atoms with Gasteiger partial charge < -0.3 is 15.2 Å². The number of benzene rings is 2. The summed E-state index contributed by atoms with van der Waals surface area (Å²) < 4.78 is 5.10. The Morgan fingerprint density at radius 2 is 1.85 bits per heavy atom. The summed E-state index contributed by atoms with van der Waals surface area (Å²) in [5.41, 5.74) is 1.93. The van der Waals surface area contributed by atoms with Crippen LogP contribution >= 0.6 is 11.6 Å². The largest absolute Gasteiger partial charge is 0.482 e. The molecule has 0 bridgehead atoms. The van der Waals surface area contributed by atoms with Gasteiger partial charge in [0.25, 0.3) is 0 Å². The van der Waals surface area contributed by atoms with E-state index in [1.54, 1.807) is 12.1 Å². The quantitative estimate of drug-likeness (QED) is 0.734. The minimum absolute atomic E-state index is 0.0383. The van der Waals surface area contributed by atoms with Crippen LogP contribution in [-0.2, 0) is 16.0 Å². The fraction of sp³-hybridized carbons (Fsp3) is 0.300. The Kier molecular flexibility index (Phi) is 7.04. The van der Waals surface area contributed by atoms with Crippen molar-refractivity contribution in [1.29, 1.82) is 0 Å². The number of ether oxygens (including phenoxy) is 1. The molecule has 0 aromatic heterocycles. The molecule has 5 nitrogen and oxygen atoms in total. The topological polar surface area (TPSA) is 75.6 Å². The van der Waals surface area contributed by atoms with Crippen molar-refractivity contribution in [3.05, 3.63) is 64.7 Å². The van der Waals surface area contributed by atoms with Crippen molar-refractivity contribution in [2.75, 3.05) is 6.61 Å². The molecule has 0 aliphatic heterocycles. The average Bonchev–Trinajstić information content (AvgIpc) is 2.60. The summed E-state index contributed by atoms with van der Waals surface area (Å²) in [4.78, 5) is 22.9. The van der Waals surface area contributed by atoms with Crippen molar-refractivity contribution in [1.82, 2.24) is 5.32 Å². The smallest absolute Gasteiger partial charge is 0.341 e. The van der Waals surface area contributed by atoms with Crippen LogP contribution < -0.4 is 10.1 Å². The molecule has 26 heavy (non-hydrogen) atoms. The number of hydrogen-bond donors (Lipinski definition) is 2. The molecule has 2 unspecified atom stereocenters. The second kappa shape index (κ2) is 9.25. The number of carbonyl (C=O) groups is 2. The summed E-state index contributed by atoms with van der Waals surface area (Å²) in [6.07, 6.45) is 0.612. The molecule has 0 radical (unpaired) electrons. The number of amides is 1. The van der Waals surface area contributed by atoms with Crippen LogP contribution in [0.5, 0.6) is 5.75 Å². The van der Waals surface area contributed by atoms with Gasteiger partial charge in [-0.1, -0.05) is 42.8 Å². The molecule has 0 saturated carbocycles. The molecule has 0 aliphatic carbocycles. The molecule has 2 rings (SSSR count). The molecule has 138 valence electrons. The fourth-order valence-electron chi connectivity index (χ4n) is 2.55. The molecule has 0 saturated heterocycles. The van der Waals surface area contributed by atoms with E-state index in [9.17, 15) is 9.59 Å². The van der Waals surface area contributed by atoms with E-state index in [-0.39, 0.29) is 24.5 Å². The van der Waals surface area contributed by atoms with Gasteiger partial charge >= 0.3 is 5.97 Å². The maximum Gasteiger partial charge on any atom is 0.341 e. The van der Waals surface area contributed by atoms with Gasteiger partial charge in [0.1, 0.15) is 5.75 Å². The van der Waals surface area contributed by atoms with Crippen LogP contribution in [0.1, 0.15) is 31.0 Å². The minimum Gasteiger partial charge on any atom is -0.482 e. The van der Waals surface area contributed by atoms with Gasteiger partial charge in [-0.3, -0.25) is 4.79 Å². The minimum atomic E-state index is -1.02. The predicted octanol–water partition coefficient (Wildman–Crippen LogP) is 3.86. The summed E-state index contributed by atoms with van der Waals surface area (Å²) in [6, 6.07) is 14.3. The van der Waals surface area contributed by atoms with Crippen LogP contribution in [0.2, 0.25) is 5.02 Å². The lowest BCUT2D eigenvalue weighted by atomic mass is 9.99. The van der Waals surface area contributed by atoms with Crippen LogP contribution in [0.3, 0.4) is 0 Å². The van der Waals surface area contributed by atoms with E-state index in [1.807, 2.05) is 50.2 Å². The lowest BCUT2D eigenvalue weighted by Crippen LogP contribution is -2.32. The molecular weight excluding hydrogens is 354 g/mol. The maximum atomic E-state index is 12.4. The van der Waals surface area contributed by atoms with E-state index in [2.05, 4.69) is 5.32 Å². The summed E-state index contributed by atoms with van der Waals surface area (Å²) in [5.74, 6) is -0.773. The predicted molar refractivity (Wildman–Crippen MR) is 100 cm³/mol. The monoisotopic (exact) mass is 375 g/mol. The molecule has 2 aromatic carbocycles. The lowest BCUT2D eigenvalue weighted by Gasteiger charge is -2.18. The van der Waals surface area contributed by atoms with Crippen LogP contribution in [0.25, 0.3) is 0 Å². The van der Waals surface area contributed by atoms with Gasteiger partial charge in [-0.15, -0.1) is 0 Å². The van der Waals surface area contributed by atoms with Gasteiger partial charge in [0, 0.05) is 10.9 Å². The third kappa shape index (κ3) is 6.08. The van der Waals surface area contributed by atoms with Gasteiger partial charge in [0.15, 0.2) is 6.61 Å². The second-order valence-corrected chi connectivity index (χ2v) is 6.65. The standard InChI is InChI=1S/C20H22ClNO4/c1-13(10-15-4-3-5-17(21)11-15)20(25)22-14(2)16-6-8-18(9-7-16)26-12-19(23)24/h3-9,11,13-14H,10,12H2,1-2H3,(H,22,25)(H,23,24). The van der Waals surface area contributed by atoms with Gasteiger partial charge in [0.2, 0.25) is 5.91 Å². The Labute approximate surface area is 157 Å². The summed E-state index contributed by atoms with van der Waals surface area (Å²) >= 11 is 5.98. The Morgan fingerprint density at radius 1 is 1.15 bits per heavy atom. The van der Waals surface area contributed by atoms with Crippen molar-refractivity contribution in [3.63, 3.8) is 0 Å². The van der Waals surface area contributed by atoms with Crippen molar-refractivity contribution in [3.8, 4) is 5.75 Å². The third-order valence-electron chi connectivity index (χ3n) is 3.98. The number of hydrogen-bond acceptors (Lipinski definition) is 3. The SMILES string of the molecule is CC(Cc1cccc(Cl)c1)C(=O)NC(C)c1ccc(OCC(=O)O)cc1. The second-order valence-electron chi connectivity index (χ2n) is 6.22. The summed E-state index contributed by atoms with van der Waals surface area (Å²) in [5, 5.41) is 12.3. The highest BCUT2D eigenvalue weighted by Crippen LogP contribution is 2.19. The summed E-state index contributed by atoms with van der Waals surface area (Å²) in [6.45, 7) is 3.40. The average molecular weight is 376 g/mol. The first-order valence-electron chi connectivity index (χ1n) is 8.34. The first kappa shape index (κ1) is 19.8. The van der Waals surface area contributed by atoms with Crippen LogP contribution in [0.15, 0.2) is 48.5 Å². The molecule has 6 heteroatoms. The Balaban J connectivity index is 1.90. The van der Waals surface area contributed by atoms with E-state index in [0.29, 0.717) is 17.2 Å². The van der Waals surface area contributed by atoms with Gasteiger partial charge in [-0.25, -0.2) is 4.79 Å². The number of carboxylic acids is 1. The number of rotatable bonds is 8. The highest BCUT2D eigenvalue weighted by Gasteiger charge is 2.17. The number of nitrogens with one attached hydrogen (secondary N) is 1. The van der Waals surface area contributed by atoms with Crippen LogP contribution in [0.4, 0.5) is 0 Å². The summed E-state index contributed by atoms with van der Waals surface area (Å²) in [7, 11) is 0.